The van der Waals surface area contributed by atoms with Gasteiger partial charge in [0.25, 0.3) is 0 Å². The molecule has 2 heterocycles. The third-order valence-electron chi connectivity index (χ3n) is 2.99. The molecule has 0 aromatic carbocycles. The van der Waals surface area contributed by atoms with Crippen molar-refractivity contribution in [2.45, 2.75) is 25.7 Å². The van der Waals surface area contributed by atoms with Crippen LogP contribution < -0.4 is 5.32 Å². The van der Waals surface area contributed by atoms with Crippen LogP contribution in [0.25, 0.3) is 0 Å². The van der Waals surface area contributed by atoms with Crippen molar-refractivity contribution in [3.63, 3.8) is 0 Å². The largest absolute Gasteiger partial charge is 0.333 e. The Hall–Kier alpha value is -1.85. The average Bonchev–Trinajstić information content (AvgIpc) is 2.61. The first-order chi connectivity index (χ1) is 8.65. The van der Waals surface area contributed by atoms with Gasteiger partial charge in [0.2, 0.25) is 11.8 Å². The third kappa shape index (κ3) is 3.32. The molecule has 1 fully saturated rings. The zero-order chi connectivity index (χ0) is 13.0. The molecule has 1 aromatic rings. The molecule has 0 atom stereocenters. The lowest BCUT2D eigenvalue weighted by atomic mass is 10.2. The van der Waals surface area contributed by atoms with Crippen LogP contribution in [0.3, 0.4) is 0 Å². The number of hydrogen-bond donors (Lipinski definition) is 1. The maximum atomic E-state index is 11.8. The second kappa shape index (κ2) is 5.66. The fourth-order valence-electron chi connectivity index (χ4n) is 2.07. The number of amides is 2. The highest BCUT2D eigenvalue weighted by Crippen LogP contribution is 2.11. The minimum absolute atomic E-state index is 0.0776. The fraction of sp³-hybridized carbons (Fsp3) is 0.583. The summed E-state index contributed by atoms with van der Waals surface area (Å²) in [4.78, 5) is 25.2. The summed E-state index contributed by atoms with van der Waals surface area (Å²) in [5.41, 5.74) is 0.657. The number of rotatable bonds is 3. The molecule has 0 saturated carbocycles. The Morgan fingerprint density at radius 2 is 2.28 bits per heavy atom. The average molecular weight is 250 g/mol. The number of nitrogens with zero attached hydrogens (tertiary/aromatic N) is 3. The SMILES string of the molecule is Cn1cc(NC(=O)CN2CCCCCC2=O)cn1. The highest BCUT2D eigenvalue weighted by Gasteiger charge is 2.19. The lowest BCUT2D eigenvalue weighted by molar-refractivity contribution is -0.134. The van der Waals surface area contributed by atoms with E-state index in [-0.39, 0.29) is 18.4 Å². The molecule has 0 unspecified atom stereocenters. The third-order valence-corrected chi connectivity index (χ3v) is 2.99. The van der Waals surface area contributed by atoms with E-state index in [4.69, 9.17) is 0 Å². The van der Waals surface area contributed by atoms with Gasteiger partial charge >= 0.3 is 0 Å². The van der Waals surface area contributed by atoms with Gasteiger partial charge in [-0.05, 0) is 12.8 Å². The highest BCUT2D eigenvalue weighted by molar-refractivity contribution is 5.94. The van der Waals surface area contributed by atoms with E-state index in [9.17, 15) is 9.59 Å². The van der Waals surface area contributed by atoms with Gasteiger partial charge in [-0.15, -0.1) is 0 Å². The molecular formula is C12H18N4O2. The van der Waals surface area contributed by atoms with Gasteiger partial charge in [0, 0.05) is 26.2 Å². The lowest BCUT2D eigenvalue weighted by Crippen LogP contribution is -2.37. The second-order valence-electron chi connectivity index (χ2n) is 4.58. The van der Waals surface area contributed by atoms with Crippen LogP contribution in [-0.4, -0.2) is 39.6 Å². The number of nitrogens with one attached hydrogen (secondary N) is 1. The van der Waals surface area contributed by atoms with Crippen LogP contribution in [0.2, 0.25) is 0 Å². The first-order valence-electron chi connectivity index (χ1n) is 6.21. The second-order valence-corrected chi connectivity index (χ2v) is 4.58. The van der Waals surface area contributed by atoms with Crippen LogP contribution in [-0.2, 0) is 16.6 Å². The van der Waals surface area contributed by atoms with E-state index in [1.54, 1.807) is 29.0 Å². The summed E-state index contributed by atoms with van der Waals surface area (Å²) in [5, 5.41) is 6.70. The van der Waals surface area contributed by atoms with Gasteiger partial charge in [0.05, 0.1) is 18.4 Å². The quantitative estimate of drug-likeness (QED) is 0.861. The van der Waals surface area contributed by atoms with Crippen LogP contribution in [0.15, 0.2) is 12.4 Å². The molecule has 6 nitrogen and oxygen atoms in total. The minimum Gasteiger partial charge on any atom is -0.333 e. The number of anilines is 1. The Bertz CT molecular complexity index is 441. The molecule has 0 bridgehead atoms. The Labute approximate surface area is 106 Å². The topological polar surface area (TPSA) is 67.2 Å². The molecule has 1 aliphatic heterocycles. The number of carbonyl (C=O) groups excluding carboxylic acids is 2. The van der Waals surface area contributed by atoms with E-state index in [2.05, 4.69) is 10.4 Å². The molecule has 1 N–H and O–H groups in total. The monoisotopic (exact) mass is 250 g/mol. The van der Waals surface area contributed by atoms with E-state index in [1.807, 2.05) is 0 Å². The van der Waals surface area contributed by atoms with Gasteiger partial charge in [0.1, 0.15) is 0 Å². The van der Waals surface area contributed by atoms with Gasteiger partial charge in [-0.2, -0.15) is 5.10 Å². The van der Waals surface area contributed by atoms with Gasteiger partial charge in [-0.1, -0.05) is 6.42 Å². The van der Waals surface area contributed by atoms with Crippen LogP contribution in [0, 0.1) is 0 Å². The van der Waals surface area contributed by atoms with Crippen molar-refractivity contribution < 1.29 is 9.59 Å². The van der Waals surface area contributed by atoms with Gasteiger partial charge in [-0.25, -0.2) is 0 Å². The minimum atomic E-state index is -0.168. The van der Waals surface area contributed by atoms with Crippen molar-refractivity contribution in [1.82, 2.24) is 14.7 Å². The molecule has 1 aliphatic rings. The lowest BCUT2D eigenvalue weighted by Gasteiger charge is -2.19. The van der Waals surface area contributed by atoms with Crippen LogP contribution in [0.5, 0.6) is 0 Å². The maximum Gasteiger partial charge on any atom is 0.244 e. The molecule has 2 rings (SSSR count). The molecule has 2 amide bonds. The first kappa shape index (κ1) is 12.6. The molecule has 6 heteroatoms. The predicted molar refractivity (Wildman–Crippen MR) is 66.9 cm³/mol. The number of aromatic nitrogens is 2. The van der Waals surface area contributed by atoms with E-state index in [0.717, 1.165) is 19.3 Å². The van der Waals surface area contributed by atoms with Crippen LogP contribution in [0.1, 0.15) is 25.7 Å². The normalized spacial score (nSPS) is 16.5. The van der Waals surface area contributed by atoms with Crippen molar-refractivity contribution in [2.24, 2.45) is 7.05 Å². The highest BCUT2D eigenvalue weighted by atomic mass is 16.2. The number of hydrogen-bond acceptors (Lipinski definition) is 3. The summed E-state index contributed by atoms with van der Waals surface area (Å²) in [7, 11) is 1.79. The predicted octanol–water partition coefficient (Wildman–Crippen LogP) is 0.761. The Kier molecular flexibility index (Phi) is 3.96. The summed E-state index contributed by atoms with van der Waals surface area (Å²) >= 11 is 0. The molecule has 0 aliphatic carbocycles. The standard InChI is InChI=1S/C12H18N4O2/c1-15-8-10(7-13-15)14-11(17)9-16-6-4-2-3-5-12(16)18/h7-8H,2-6,9H2,1H3,(H,14,17). The molecule has 18 heavy (non-hydrogen) atoms. The number of aryl methyl sites for hydroxylation is 1. The fourth-order valence-corrected chi connectivity index (χ4v) is 2.07. The number of carbonyl (C=O) groups is 2. The first-order valence-corrected chi connectivity index (χ1v) is 6.21. The van der Waals surface area contributed by atoms with E-state index < -0.39 is 0 Å². The summed E-state index contributed by atoms with van der Waals surface area (Å²) < 4.78 is 1.62. The molecule has 1 aromatic heterocycles. The summed E-state index contributed by atoms with van der Waals surface area (Å²) in [6, 6.07) is 0. The van der Waals surface area contributed by atoms with Crippen molar-refractivity contribution in [3.8, 4) is 0 Å². The van der Waals surface area contributed by atoms with E-state index >= 15 is 0 Å². The van der Waals surface area contributed by atoms with Crippen LogP contribution >= 0.6 is 0 Å². The van der Waals surface area contributed by atoms with Crippen molar-refractivity contribution in [2.75, 3.05) is 18.4 Å². The van der Waals surface area contributed by atoms with E-state index in [1.165, 1.54) is 0 Å². The molecule has 98 valence electrons. The summed E-state index contributed by atoms with van der Waals surface area (Å²) in [6.07, 6.45) is 6.84. The smallest absolute Gasteiger partial charge is 0.244 e. The summed E-state index contributed by atoms with van der Waals surface area (Å²) in [6.45, 7) is 0.813. The zero-order valence-electron chi connectivity index (χ0n) is 10.6. The van der Waals surface area contributed by atoms with Crippen molar-refractivity contribution >= 4 is 17.5 Å². The van der Waals surface area contributed by atoms with Crippen LogP contribution in [0.4, 0.5) is 5.69 Å². The molecular weight excluding hydrogens is 232 g/mol. The van der Waals surface area contributed by atoms with E-state index in [0.29, 0.717) is 18.7 Å². The Morgan fingerprint density at radius 1 is 1.44 bits per heavy atom. The Balaban J connectivity index is 1.88. The van der Waals surface area contributed by atoms with Gasteiger partial charge < -0.3 is 10.2 Å². The zero-order valence-corrected chi connectivity index (χ0v) is 10.6. The van der Waals surface area contributed by atoms with Crippen molar-refractivity contribution in [1.29, 1.82) is 0 Å². The van der Waals surface area contributed by atoms with Crippen molar-refractivity contribution in [3.05, 3.63) is 12.4 Å². The number of likely N-dealkylation sites (tertiary alicyclic amines) is 1. The summed E-state index contributed by atoms with van der Waals surface area (Å²) in [5.74, 6) is -0.0907. The van der Waals surface area contributed by atoms with Gasteiger partial charge in [0.15, 0.2) is 0 Å². The maximum absolute atomic E-state index is 11.8. The van der Waals surface area contributed by atoms with Gasteiger partial charge in [-0.3, -0.25) is 14.3 Å². The molecule has 1 saturated heterocycles. The Morgan fingerprint density at radius 3 is 3.00 bits per heavy atom. The molecule has 0 spiro atoms. The molecule has 0 radical (unpaired) electrons.